The molecule has 0 atom stereocenters. The van der Waals surface area contributed by atoms with E-state index in [4.69, 9.17) is 26.5 Å². The Kier molecular flexibility index (Phi) is 9.63. The van der Waals surface area contributed by atoms with E-state index in [1.54, 1.807) is 42.5 Å². The molecule has 1 amide bonds. The molecule has 0 fully saturated rings. The number of benzene rings is 2. The van der Waals surface area contributed by atoms with E-state index in [0.29, 0.717) is 34.5 Å². The summed E-state index contributed by atoms with van der Waals surface area (Å²) in [6.07, 6.45) is 3.95. The Morgan fingerprint density at radius 1 is 1.12 bits per heavy atom. The Bertz CT molecular complexity index is 1020. The van der Waals surface area contributed by atoms with Gasteiger partial charge in [-0.1, -0.05) is 30.7 Å². The van der Waals surface area contributed by atoms with Crippen LogP contribution in [0.15, 0.2) is 54.7 Å². The molecule has 0 aliphatic heterocycles. The van der Waals surface area contributed by atoms with Gasteiger partial charge in [-0.25, -0.2) is 0 Å². The van der Waals surface area contributed by atoms with E-state index >= 15 is 0 Å². The first-order valence-corrected chi connectivity index (χ1v) is 10.5. The Balaban J connectivity index is 0.000000654. The van der Waals surface area contributed by atoms with Gasteiger partial charge < -0.3 is 24.7 Å². The molecule has 0 bridgehead atoms. The van der Waals surface area contributed by atoms with Crippen molar-refractivity contribution >= 4 is 29.5 Å². The highest BCUT2D eigenvalue weighted by molar-refractivity contribution is 6.30. The maximum atomic E-state index is 12.5. The van der Waals surface area contributed by atoms with E-state index in [1.165, 1.54) is 6.34 Å². The summed E-state index contributed by atoms with van der Waals surface area (Å²) in [5, 5.41) is 10.00. The number of carbonyl (C=O) groups excluding carboxylic acids is 1. The molecule has 8 heteroatoms. The minimum atomic E-state index is -0.237. The van der Waals surface area contributed by atoms with Crippen LogP contribution in [0.1, 0.15) is 23.8 Å². The molecule has 2 aromatic carbocycles. The van der Waals surface area contributed by atoms with Crippen molar-refractivity contribution in [3.05, 3.63) is 65.4 Å². The number of hydrogen-bond donors (Lipinski definition) is 3. The van der Waals surface area contributed by atoms with Crippen LogP contribution in [-0.2, 0) is 0 Å². The molecule has 0 spiro atoms. The summed E-state index contributed by atoms with van der Waals surface area (Å²) in [5.41, 5.74) is 2.99. The number of hydrogen-bond acceptors (Lipinski definition) is 4. The number of anilines is 1. The van der Waals surface area contributed by atoms with Gasteiger partial charge in [-0.15, -0.1) is 0 Å². The third-order valence-corrected chi connectivity index (χ3v) is 4.50. The lowest BCUT2D eigenvalue weighted by atomic mass is 10.1. The molecular formula is C24H29ClN4O3. The summed E-state index contributed by atoms with van der Waals surface area (Å²) in [6.45, 7) is 2.65. The number of halogens is 1. The zero-order valence-electron chi connectivity index (χ0n) is 18.7. The normalized spacial score (nSPS) is 9.91. The van der Waals surface area contributed by atoms with Gasteiger partial charge in [0.1, 0.15) is 5.69 Å². The Morgan fingerprint density at radius 2 is 1.81 bits per heavy atom. The minimum Gasteiger partial charge on any atom is -0.493 e. The third-order valence-electron chi connectivity index (χ3n) is 4.25. The number of carbonyl (C=O) groups is 1. The molecule has 0 saturated heterocycles. The van der Waals surface area contributed by atoms with E-state index in [-0.39, 0.29) is 5.91 Å². The van der Waals surface area contributed by atoms with Crippen molar-refractivity contribution in [1.82, 2.24) is 9.88 Å². The van der Waals surface area contributed by atoms with Crippen LogP contribution in [0.25, 0.3) is 11.1 Å². The molecule has 3 aromatic rings. The number of nitrogens with zero attached hydrogens (tertiary/aromatic N) is 1. The third kappa shape index (κ3) is 7.35. The highest BCUT2D eigenvalue weighted by atomic mass is 35.5. The van der Waals surface area contributed by atoms with Crippen molar-refractivity contribution in [2.75, 3.05) is 33.1 Å². The van der Waals surface area contributed by atoms with Gasteiger partial charge in [0, 0.05) is 37.1 Å². The van der Waals surface area contributed by atoms with E-state index in [2.05, 4.69) is 10.3 Å². The lowest BCUT2D eigenvalue weighted by Crippen LogP contribution is -2.12. The predicted molar refractivity (Wildman–Crippen MR) is 130 cm³/mol. The van der Waals surface area contributed by atoms with Gasteiger partial charge in [0.15, 0.2) is 11.5 Å². The lowest BCUT2D eigenvalue weighted by Gasteiger charge is -2.12. The summed E-state index contributed by atoms with van der Waals surface area (Å²) in [6, 6.07) is 14.6. The molecule has 7 nitrogen and oxygen atoms in total. The first-order chi connectivity index (χ1) is 15.4. The van der Waals surface area contributed by atoms with Crippen LogP contribution in [0.3, 0.4) is 0 Å². The average molecular weight is 457 g/mol. The maximum Gasteiger partial charge on any atom is 0.272 e. The van der Waals surface area contributed by atoms with Crippen molar-refractivity contribution in [2.45, 2.75) is 13.3 Å². The monoisotopic (exact) mass is 456 g/mol. The Hall–Kier alpha value is -3.45. The predicted octanol–water partition coefficient (Wildman–Crippen LogP) is 5.54. The number of nitrogens with one attached hydrogen (secondary N) is 3. The Morgan fingerprint density at radius 3 is 2.41 bits per heavy atom. The molecule has 0 saturated carbocycles. The first kappa shape index (κ1) is 24.8. The van der Waals surface area contributed by atoms with Gasteiger partial charge >= 0.3 is 0 Å². The summed E-state index contributed by atoms with van der Waals surface area (Å²) in [7, 11) is 5.20. The van der Waals surface area contributed by atoms with Crippen LogP contribution < -0.4 is 14.8 Å². The second-order valence-electron chi connectivity index (χ2n) is 7.07. The molecule has 0 unspecified atom stereocenters. The Labute approximate surface area is 193 Å². The largest absolute Gasteiger partial charge is 0.493 e. The van der Waals surface area contributed by atoms with Crippen LogP contribution in [0.4, 0.5) is 5.69 Å². The standard InChI is InChI=1S/C21H21ClN2O3.C3H8N2/c1-3-10-27-19-9-8-17(12-20(19)26-2)24-21(25)18-11-15(13-23-18)14-4-6-16(22)7-5-14;1-5(2)3-4/h4-9,11-13,23H,3,10H2,1-2H3,(H,24,25);3-4H,1-2H3. The summed E-state index contributed by atoms with van der Waals surface area (Å²) in [5.74, 6) is 0.997. The SMILES string of the molecule is CCCOc1ccc(NC(=O)c2cc(-c3ccc(Cl)cc3)c[nH]2)cc1OC.CN(C)C=N. The number of methoxy groups -OCH3 is 1. The number of rotatable bonds is 8. The molecule has 0 aliphatic carbocycles. The number of amides is 1. The maximum absolute atomic E-state index is 12.5. The fourth-order valence-corrected chi connectivity index (χ4v) is 2.74. The summed E-state index contributed by atoms with van der Waals surface area (Å²) >= 11 is 5.92. The number of aromatic nitrogens is 1. The van der Waals surface area contributed by atoms with Gasteiger partial charge in [0.2, 0.25) is 0 Å². The van der Waals surface area contributed by atoms with Crippen LogP contribution in [-0.4, -0.2) is 49.9 Å². The summed E-state index contributed by atoms with van der Waals surface area (Å²) in [4.78, 5) is 17.2. The molecule has 32 heavy (non-hydrogen) atoms. The minimum absolute atomic E-state index is 0.237. The molecule has 3 rings (SSSR count). The first-order valence-electron chi connectivity index (χ1n) is 10.1. The van der Waals surface area contributed by atoms with Gasteiger partial charge in [0.05, 0.1) is 20.1 Å². The van der Waals surface area contributed by atoms with Gasteiger partial charge in [-0.2, -0.15) is 0 Å². The fourth-order valence-electron chi connectivity index (χ4n) is 2.61. The van der Waals surface area contributed by atoms with Crippen molar-refractivity contribution in [3.63, 3.8) is 0 Å². The zero-order chi connectivity index (χ0) is 23.5. The highest BCUT2D eigenvalue weighted by Crippen LogP contribution is 2.30. The van der Waals surface area contributed by atoms with E-state index in [9.17, 15) is 4.79 Å². The fraction of sp³-hybridized carbons (Fsp3) is 0.250. The number of ether oxygens (including phenoxy) is 2. The topological polar surface area (TPSA) is 90.4 Å². The quantitative estimate of drug-likeness (QED) is 0.306. The number of aromatic amines is 1. The second kappa shape index (κ2) is 12.4. The molecule has 3 N–H and O–H groups in total. The highest BCUT2D eigenvalue weighted by Gasteiger charge is 2.12. The molecule has 1 aromatic heterocycles. The van der Waals surface area contributed by atoms with Gasteiger partial charge in [-0.05, 0) is 47.9 Å². The van der Waals surface area contributed by atoms with Gasteiger partial charge in [-0.3, -0.25) is 10.2 Å². The van der Waals surface area contributed by atoms with Crippen molar-refractivity contribution < 1.29 is 14.3 Å². The van der Waals surface area contributed by atoms with Crippen LogP contribution in [0.5, 0.6) is 11.5 Å². The van der Waals surface area contributed by atoms with Crippen molar-refractivity contribution in [1.29, 1.82) is 5.41 Å². The van der Waals surface area contributed by atoms with E-state index in [0.717, 1.165) is 17.5 Å². The molecular weight excluding hydrogens is 428 g/mol. The zero-order valence-corrected chi connectivity index (χ0v) is 19.5. The molecule has 0 radical (unpaired) electrons. The molecule has 0 aliphatic rings. The molecule has 1 heterocycles. The van der Waals surface area contributed by atoms with Gasteiger partial charge in [0.25, 0.3) is 5.91 Å². The van der Waals surface area contributed by atoms with Crippen LogP contribution >= 0.6 is 11.6 Å². The summed E-state index contributed by atoms with van der Waals surface area (Å²) < 4.78 is 11.0. The van der Waals surface area contributed by atoms with Crippen LogP contribution in [0, 0.1) is 5.41 Å². The van der Waals surface area contributed by atoms with E-state index < -0.39 is 0 Å². The molecule has 170 valence electrons. The number of H-pyrrole nitrogens is 1. The van der Waals surface area contributed by atoms with Crippen molar-refractivity contribution in [3.8, 4) is 22.6 Å². The smallest absolute Gasteiger partial charge is 0.272 e. The second-order valence-corrected chi connectivity index (χ2v) is 7.51. The average Bonchev–Trinajstić information content (AvgIpc) is 3.29. The van der Waals surface area contributed by atoms with Crippen molar-refractivity contribution in [2.24, 2.45) is 0 Å². The van der Waals surface area contributed by atoms with E-state index in [1.807, 2.05) is 45.3 Å². The van der Waals surface area contributed by atoms with Crippen LogP contribution in [0.2, 0.25) is 5.02 Å². The lowest BCUT2D eigenvalue weighted by molar-refractivity contribution is 0.102.